The van der Waals surface area contributed by atoms with E-state index in [4.69, 9.17) is 20.4 Å². The summed E-state index contributed by atoms with van der Waals surface area (Å²) in [6, 6.07) is 33.2. The van der Waals surface area contributed by atoms with Crippen molar-refractivity contribution in [2.75, 3.05) is 0 Å². The van der Waals surface area contributed by atoms with Gasteiger partial charge in [0.1, 0.15) is 0 Å². The van der Waals surface area contributed by atoms with Gasteiger partial charge >= 0.3 is 23.9 Å². The molecule has 0 fully saturated rings. The number of rotatable bonds is 4. The lowest BCUT2D eigenvalue weighted by Crippen LogP contribution is -1.93. The number of carboxylic acid groups (broad SMARTS) is 4. The topological polar surface area (TPSA) is 289 Å². The van der Waals surface area contributed by atoms with Crippen LogP contribution in [0.15, 0.2) is 121 Å². The second kappa shape index (κ2) is 24.0. The van der Waals surface area contributed by atoms with Crippen LogP contribution in [0.5, 0.6) is 0 Å². The van der Waals surface area contributed by atoms with Gasteiger partial charge in [0.05, 0.1) is 22.3 Å². The van der Waals surface area contributed by atoms with Crippen LogP contribution in [0.25, 0.3) is 0 Å². The van der Waals surface area contributed by atoms with Gasteiger partial charge in [0.15, 0.2) is 0 Å². The Labute approximate surface area is 231 Å². The van der Waals surface area contributed by atoms with Crippen molar-refractivity contribution in [3.8, 4) is 0 Å². The molecule has 0 spiro atoms. The first kappa shape index (κ1) is 41.7. The number of hydrogen-bond donors (Lipinski definition) is 8. The summed E-state index contributed by atoms with van der Waals surface area (Å²) in [6.45, 7) is 0. The van der Waals surface area contributed by atoms with E-state index in [0.717, 1.165) is 0 Å². The molecule has 40 heavy (non-hydrogen) atoms. The summed E-state index contributed by atoms with van der Waals surface area (Å²) in [4.78, 5) is 40.8. The fraction of sp³-hybridized carbons (Fsp3) is 0. The fourth-order valence-electron chi connectivity index (χ4n) is 2.32. The summed E-state index contributed by atoms with van der Waals surface area (Å²) in [5.41, 5.74) is 1.32. The minimum Gasteiger partial charge on any atom is -0.478 e. The number of benzene rings is 4. The van der Waals surface area contributed by atoms with Crippen LogP contribution in [-0.4, -0.2) is 44.3 Å². The highest BCUT2D eigenvalue weighted by Crippen LogP contribution is 1.98. The molecule has 0 radical (unpaired) electrons. The van der Waals surface area contributed by atoms with Crippen LogP contribution in [0.2, 0.25) is 0 Å². The zero-order valence-electron chi connectivity index (χ0n) is 21.8. The maximum atomic E-state index is 10.2. The van der Waals surface area contributed by atoms with Crippen LogP contribution >= 0.6 is 0 Å². The van der Waals surface area contributed by atoms with Crippen LogP contribution in [0.3, 0.4) is 0 Å². The average Bonchev–Trinajstić information content (AvgIpc) is 2.92. The zero-order valence-corrected chi connectivity index (χ0v) is 21.8. The van der Waals surface area contributed by atoms with Crippen molar-refractivity contribution >= 4 is 23.9 Å². The lowest BCUT2D eigenvalue weighted by atomic mass is 10.2. The summed E-state index contributed by atoms with van der Waals surface area (Å²) in [5, 5.41) is 33.5. The van der Waals surface area contributed by atoms with Crippen molar-refractivity contribution in [1.29, 1.82) is 0 Å². The Morgan fingerprint density at radius 1 is 0.300 bits per heavy atom. The Balaban J connectivity index is -0.000000209. The third-order valence-corrected chi connectivity index (χ3v) is 4.08. The maximum Gasteiger partial charge on any atom is 0.335 e. The SMILES string of the molecule is N.N.N.N.O=C(O)c1ccccc1.O=C(O)c1ccccc1.O=C(O)c1ccccc1.O=C(O)c1ccccc1. The molecule has 216 valence electrons. The van der Waals surface area contributed by atoms with Crippen molar-refractivity contribution in [2.45, 2.75) is 0 Å². The molecular weight excluding hydrogens is 520 g/mol. The van der Waals surface area contributed by atoms with Crippen molar-refractivity contribution < 1.29 is 39.6 Å². The Bertz CT molecular complexity index is 1030. The minimum atomic E-state index is -0.879. The van der Waals surface area contributed by atoms with E-state index in [1.807, 2.05) is 0 Å². The molecule has 0 aliphatic carbocycles. The van der Waals surface area contributed by atoms with E-state index in [1.54, 1.807) is 121 Å². The molecule has 0 aromatic heterocycles. The van der Waals surface area contributed by atoms with Gasteiger partial charge in [-0.3, -0.25) is 0 Å². The third-order valence-electron chi connectivity index (χ3n) is 4.08. The van der Waals surface area contributed by atoms with E-state index in [-0.39, 0.29) is 24.6 Å². The summed E-state index contributed by atoms with van der Waals surface area (Å²) in [6.07, 6.45) is 0. The van der Waals surface area contributed by atoms with E-state index < -0.39 is 23.9 Å². The van der Waals surface area contributed by atoms with Crippen molar-refractivity contribution in [3.05, 3.63) is 144 Å². The second-order valence-corrected chi connectivity index (χ2v) is 6.68. The molecule has 12 nitrogen and oxygen atoms in total. The fourth-order valence-corrected chi connectivity index (χ4v) is 2.32. The van der Waals surface area contributed by atoms with Gasteiger partial charge < -0.3 is 45.0 Å². The molecule has 0 saturated carbocycles. The van der Waals surface area contributed by atoms with Gasteiger partial charge in [0, 0.05) is 0 Å². The van der Waals surface area contributed by atoms with Gasteiger partial charge in [-0.1, -0.05) is 72.8 Å². The smallest absolute Gasteiger partial charge is 0.335 e. The molecule has 0 unspecified atom stereocenters. The predicted octanol–water partition coefficient (Wildman–Crippen LogP) is 6.19. The van der Waals surface area contributed by atoms with Gasteiger partial charge in [-0.25, -0.2) is 19.2 Å². The summed E-state index contributed by atoms with van der Waals surface area (Å²) < 4.78 is 0. The molecule has 0 heterocycles. The summed E-state index contributed by atoms with van der Waals surface area (Å²) in [7, 11) is 0. The average molecular weight is 557 g/mol. The summed E-state index contributed by atoms with van der Waals surface area (Å²) in [5.74, 6) is -3.52. The van der Waals surface area contributed by atoms with Gasteiger partial charge in [-0.15, -0.1) is 0 Å². The molecule has 0 aliphatic heterocycles. The molecule has 16 N–H and O–H groups in total. The number of carbonyl (C=O) groups is 4. The highest BCUT2D eigenvalue weighted by Gasteiger charge is 1.98. The number of carboxylic acids is 4. The zero-order chi connectivity index (χ0) is 26.8. The maximum absolute atomic E-state index is 10.2. The monoisotopic (exact) mass is 556 g/mol. The van der Waals surface area contributed by atoms with Gasteiger partial charge in [-0.05, 0) is 48.5 Å². The first-order valence-corrected chi connectivity index (χ1v) is 10.4. The molecule has 0 aliphatic rings. The molecular formula is C28H36N4O8. The van der Waals surface area contributed by atoms with Gasteiger partial charge in [0.25, 0.3) is 0 Å². The summed E-state index contributed by atoms with van der Waals surface area (Å²) >= 11 is 0. The van der Waals surface area contributed by atoms with Crippen molar-refractivity contribution in [2.24, 2.45) is 0 Å². The Morgan fingerprint density at radius 2 is 0.425 bits per heavy atom. The molecule has 4 aromatic carbocycles. The highest BCUT2D eigenvalue weighted by atomic mass is 16.4. The molecule has 0 saturated heterocycles. The third kappa shape index (κ3) is 17.9. The Kier molecular flexibility index (Phi) is 25.0. The Morgan fingerprint density at radius 3 is 0.500 bits per heavy atom. The molecule has 12 heteroatoms. The molecule has 0 amide bonds. The van der Waals surface area contributed by atoms with E-state index in [2.05, 4.69) is 0 Å². The van der Waals surface area contributed by atoms with Crippen molar-refractivity contribution in [1.82, 2.24) is 24.6 Å². The van der Waals surface area contributed by atoms with Gasteiger partial charge in [0.2, 0.25) is 0 Å². The largest absolute Gasteiger partial charge is 0.478 e. The molecule has 4 rings (SSSR count). The lowest BCUT2D eigenvalue weighted by Gasteiger charge is -1.88. The van der Waals surface area contributed by atoms with Crippen LogP contribution in [0.1, 0.15) is 41.4 Å². The minimum absolute atomic E-state index is 0. The second-order valence-electron chi connectivity index (χ2n) is 6.68. The van der Waals surface area contributed by atoms with Crippen LogP contribution in [0.4, 0.5) is 0 Å². The molecule has 0 atom stereocenters. The van der Waals surface area contributed by atoms with Crippen molar-refractivity contribution in [3.63, 3.8) is 0 Å². The van der Waals surface area contributed by atoms with Crippen LogP contribution in [0, 0.1) is 0 Å². The van der Waals surface area contributed by atoms with Crippen LogP contribution < -0.4 is 24.6 Å². The highest BCUT2D eigenvalue weighted by molar-refractivity contribution is 5.88. The van der Waals surface area contributed by atoms with E-state index in [1.165, 1.54) is 0 Å². The van der Waals surface area contributed by atoms with E-state index in [0.29, 0.717) is 22.3 Å². The van der Waals surface area contributed by atoms with E-state index in [9.17, 15) is 19.2 Å². The number of hydrogen-bond acceptors (Lipinski definition) is 8. The van der Waals surface area contributed by atoms with Crippen LogP contribution in [-0.2, 0) is 0 Å². The van der Waals surface area contributed by atoms with E-state index >= 15 is 0 Å². The predicted molar refractivity (Wildman–Crippen MR) is 154 cm³/mol. The number of aromatic carboxylic acids is 4. The lowest BCUT2D eigenvalue weighted by molar-refractivity contribution is 0.0686. The quantitative estimate of drug-likeness (QED) is 0.139. The standard InChI is InChI=1S/4C7H6O2.4H3N/c4*8-7(9)6-4-2-1-3-5-6;;;;/h4*1-5H,(H,8,9);4*1H3. The molecule has 0 bridgehead atoms. The molecule has 4 aromatic rings. The van der Waals surface area contributed by atoms with Gasteiger partial charge in [-0.2, -0.15) is 0 Å². The Hall–Kier alpha value is -5.40. The first-order chi connectivity index (χ1) is 17.2. The normalized spacial score (nSPS) is 8.00. The first-order valence-electron chi connectivity index (χ1n) is 10.4.